The van der Waals surface area contributed by atoms with E-state index >= 15 is 0 Å². The summed E-state index contributed by atoms with van der Waals surface area (Å²) in [5, 5.41) is 4.82. The molecule has 0 spiro atoms. The number of alkyl halides is 3. The Morgan fingerprint density at radius 2 is 1.86 bits per heavy atom. The molecule has 2 amide bonds. The standard InChI is InChI=1S/C19H16F4N4O2/c1-18(9-15(28)26-17(24)27-18)13-8-12(6-7-14(13)20)25-16(29)10-2-4-11(5-3-10)19(21,22)23/h2-8H,9H2,1H3,(H,25,29)(H3,24,26,27,28). The Kier molecular flexibility index (Phi) is 5.04. The van der Waals surface area contributed by atoms with Gasteiger partial charge in [0.1, 0.15) is 5.82 Å². The van der Waals surface area contributed by atoms with Gasteiger partial charge < -0.3 is 11.1 Å². The second-order valence-electron chi connectivity index (χ2n) is 6.72. The van der Waals surface area contributed by atoms with E-state index in [-0.39, 0.29) is 29.2 Å². The van der Waals surface area contributed by atoms with Gasteiger partial charge in [0.15, 0.2) is 5.96 Å². The number of nitrogens with one attached hydrogen (secondary N) is 2. The third-order valence-corrected chi connectivity index (χ3v) is 4.42. The Labute approximate surface area is 162 Å². The number of rotatable bonds is 3. The smallest absolute Gasteiger partial charge is 0.370 e. The predicted octanol–water partition coefficient (Wildman–Crippen LogP) is 3.15. The Balaban J connectivity index is 1.86. The molecule has 1 heterocycles. The molecular formula is C19H16F4N4O2. The summed E-state index contributed by atoms with van der Waals surface area (Å²) >= 11 is 0. The lowest BCUT2D eigenvalue weighted by molar-refractivity contribution is -0.137. The summed E-state index contributed by atoms with van der Waals surface area (Å²) < 4.78 is 52.3. The van der Waals surface area contributed by atoms with E-state index in [1.165, 1.54) is 19.1 Å². The predicted molar refractivity (Wildman–Crippen MR) is 97.5 cm³/mol. The van der Waals surface area contributed by atoms with Gasteiger partial charge in [-0.3, -0.25) is 14.9 Å². The van der Waals surface area contributed by atoms with Crippen molar-refractivity contribution in [2.45, 2.75) is 25.1 Å². The third-order valence-electron chi connectivity index (χ3n) is 4.42. The number of benzene rings is 2. The highest BCUT2D eigenvalue weighted by atomic mass is 19.4. The van der Waals surface area contributed by atoms with Crippen molar-refractivity contribution in [2.75, 3.05) is 5.32 Å². The van der Waals surface area contributed by atoms with Crippen LogP contribution < -0.4 is 16.4 Å². The molecule has 3 rings (SSSR count). The Morgan fingerprint density at radius 3 is 2.45 bits per heavy atom. The fourth-order valence-electron chi connectivity index (χ4n) is 3.02. The first kappa shape index (κ1) is 20.3. The second-order valence-corrected chi connectivity index (χ2v) is 6.72. The maximum absolute atomic E-state index is 14.4. The van der Waals surface area contributed by atoms with Crippen LogP contribution in [0.1, 0.15) is 34.8 Å². The molecule has 2 aromatic rings. The first-order valence-electron chi connectivity index (χ1n) is 8.42. The van der Waals surface area contributed by atoms with E-state index < -0.39 is 34.9 Å². The maximum Gasteiger partial charge on any atom is 0.416 e. The number of aliphatic imine (C=N–C) groups is 1. The molecule has 0 aromatic heterocycles. The third kappa shape index (κ3) is 4.36. The van der Waals surface area contributed by atoms with E-state index in [4.69, 9.17) is 5.73 Å². The molecule has 0 aliphatic carbocycles. The highest BCUT2D eigenvalue weighted by Crippen LogP contribution is 2.34. The van der Waals surface area contributed by atoms with Crippen molar-refractivity contribution in [3.63, 3.8) is 0 Å². The van der Waals surface area contributed by atoms with Crippen molar-refractivity contribution in [1.82, 2.24) is 5.32 Å². The average Bonchev–Trinajstić information content (AvgIpc) is 2.61. The summed E-state index contributed by atoms with van der Waals surface area (Å²) in [4.78, 5) is 28.2. The van der Waals surface area contributed by atoms with Crippen LogP contribution in [0.4, 0.5) is 23.2 Å². The molecular weight excluding hydrogens is 392 g/mol. The van der Waals surface area contributed by atoms with Crippen molar-refractivity contribution in [1.29, 1.82) is 0 Å². The lowest BCUT2D eigenvalue weighted by Crippen LogP contribution is -2.46. The van der Waals surface area contributed by atoms with Gasteiger partial charge in [0.2, 0.25) is 5.91 Å². The van der Waals surface area contributed by atoms with Gasteiger partial charge in [0, 0.05) is 16.8 Å². The van der Waals surface area contributed by atoms with E-state index in [0.717, 1.165) is 30.3 Å². The van der Waals surface area contributed by atoms with E-state index in [9.17, 15) is 27.2 Å². The molecule has 152 valence electrons. The van der Waals surface area contributed by atoms with E-state index in [0.29, 0.717) is 0 Å². The lowest BCUT2D eigenvalue weighted by Gasteiger charge is -2.30. The minimum Gasteiger partial charge on any atom is -0.370 e. The van der Waals surface area contributed by atoms with Crippen molar-refractivity contribution in [3.05, 3.63) is 65.0 Å². The number of carbonyl (C=O) groups excluding carboxylic acids is 2. The fourth-order valence-corrected chi connectivity index (χ4v) is 3.02. The SMILES string of the molecule is CC1(c2cc(NC(=O)c3ccc(C(F)(F)F)cc3)ccc2F)CC(=O)NC(N)=N1. The van der Waals surface area contributed by atoms with Crippen LogP contribution in [0, 0.1) is 5.82 Å². The van der Waals surface area contributed by atoms with Gasteiger partial charge in [-0.2, -0.15) is 13.2 Å². The van der Waals surface area contributed by atoms with Crippen LogP contribution in [0.25, 0.3) is 0 Å². The number of nitrogens with two attached hydrogens (primary N) is 1. The van der Waals surface area contributed by atoms with Gasteiger partial charge in [-0.05, 0) is 49.4 Å². The molecule has 1 aliphatic heterocycles. The molecule has 6 nitrogen and oxygen atoms in total. The zero-order valence-corrected chi connectivity index (χ0v) is 15.1. The highest BCUT2D eigenvalue weighted by Gasteiger charge is 2.36. The summed E-state index contributed by atoms with van der Waals surface area (Å²) in [6.45, 7) is 1.53. The number of hydrogen-bond donors (Lipinski definition) is 3. The van der Waals surface area contributed by atoms with Gasteiger partial charge >= 0.3 is 6.18 Å². The van der Waals surface area contributed by atoms with Crippen LogP contribution >= 0.6 is 0 Å². The monoisotopic (exact) mass is 408 g/mol. The summed E-state index contributed by atoms with van der Waals surface area (Å²) in [5.74, 6) is -1.90. The molecule has 0 fully saturated rings. The van der Waals surface area contributed by atoms with E-state index in [1.54, 1.807) is 0 Å². The van der Waals surface area contributed by atoms with Crippen molar-refractivity contribution in [2.24, 2.45) is 10.7 Å². The lowest BCUT2D eigenvalue weighted by atomic mass is 9.87. The zero-order valence-electron chi connectivity index (χ0n) is 15.1. The molecule has 1 aliphatic rings. The highest BCUT2D eigenvalue weighted by molar-refractivity contribution is 6.04. The first-order chi connectivity index (χ1) is 13.5. The Morgan fingerprint density at radius 1 is 1.21 bits per heavy atom. The molecule has 1 unspecified atom stereocenters. The van der Waals surface area contributed by atoms with Crippen molar-refractivity contribution >= 4 is 23.5 Å². The van der Waals surface area contributed by atoms with E-state index in [2.05, 4.69) is 15.6 Å². The second kappa shape index (κ2) is 7.19. The number of amides is 2. The van der Waals surface area contributed by atoms with Crippen molar-refractivity contribution in [3.8, 4) is 0 Å². The van der Waals surface area contributed by atoms with Gasteiger partial charge in [0.25, 0.3) is 5.91 Å². The summed E-state index contributed by atoms with van der Waals surface area (Å²) in [7, 11) is 0. The molecule has 0 bridgehead atoms. The molecule has 1 atom stereocenters. The largest absolute Gasteiger partial charge is 0.416 e. The van der Waals surface area contributed by atoms with E-state index in [1.807, 2.05) is 0 Å². The quantitative estimate of drug-likeness (QED) is 0.681. The van der Waals surface area contributed by atoms with Gasteiger partial charge in [-0.25, -0.2) is 9.38 Å². The van der Waals surface area contributed by atoms with Gasteiger partial charge in [0.05, 0.1) is 17.5 Å². The van der Waals surface area contributed by atoms with Crippen LogP contribution in [0.5, 0.6) is 0 Å². The first-order valence-corrected chi connectivity index (χ1v) is 8.42. The normalized spacial score (nSPS) is 19.3. The molecule has 4 N–H and O–H groups in total. The van der Waals surface area contributed by atoms with Crippen LogP contribution in [0.15, 0.2) is 47.5 Å². The molecule has 10 heteroatoms. The molecule has 29 heavy (non-hydrogen) atoms. The van der Waals surface area contributed by atoms with Crippen molar-refractivity contribution < 1.29 is 27.2 Å². The zero-order chi connectivity index (χ0) is 21.4. The van der Waals surface area contributed by atoms with Crippen LogP contribution in [-0.4, -0.2) is 17.8 Å². The number of guanidine groups is 1. The number of anilines is 1. The van der Waals surface area contributed by atoms with Crippen LogP contribution in [-0.2, 0) is 16.5 Å². The Hall–Kier alpha value is -3.43. The number of carbonyl (C=O) groups is 2. The maximum atomic E-state index is 14.4. The van der Waals surface area contributed by atoms with Gasteiger partial charge in [-0.1, -0.05) is 0 Å². The summed E-state index contributed by atoms with van der Waals surface area (Å²) in [6, 6.07) is 7.38. The summed E-state index contributed by atoms with van der Waals surface area (Å²) in [5.41, 5.74) is 3.65. The minimum atomic E-state index is -4.51. The topological polar surface area (TPSA) is 96.6 Å². The fraction of sp³-hybridized carbons (Fsp3) is 0.211. The van der Waals surface area contributed by atoms with Crippen LogP contribution in [0.3, 0.4) is 0 Å². The summed E-state index contributed by atoms with van der Waals surface area (Å²) in [6.07, 6.45) is -4.66. The van der Waals surface area contributed by atoms with Crippen LogP contribution in [0.2, 0.25) is 0 Å². The van der Waals surface area contributed by atoms with Gasteiger partial charge in [-0.15, -0.1) is 0 Å². The number of hydrogen-bond acceptors (Lipinski definition) is 4. The average molecular weight is 408 g/mol. The molecule has 0 saturated carbocycles. The minimum absolute atomic E-state index is 0.00519. The number of nitrogens with zero attached hydrogens (tertiary/aromatic N) is 1. The molecule has 2 aromatic carbocycles. The number of halogens is 4. The Bertz CT molecular complexity index is 1000. The molecule has 0 saturated heterocycles. The molecule has 0 radical (unpaired) electrons.